The molecule has 2 heterocycles. The molecule has 7 nitrogen and oxygen atoms in total. The summed E-state index contributed by atoms with van der Waals surface area (Å²) < 4.78 is 2.97. The largest absolute Gasteiger partial charge is 0.329 e. The van der Waals surface area contributed by atoms with Crippen LogP contribution in [0.4, 0.5) is 0 Å². The number of fused-ring (bicyclic) bond motifs is 1. The van der Waals surface area contributed by atoms with E-state index in [2.05, 4.69) is 9.97 Å². The van der Waals surface area contributed by atoms with Crippen LogP contribution in [0.3, 0.4) is 0 Å². The number of rotatable bonds is 5. The first kappa shape index (κ1) is 18.5. The molecule has 26 heavy (non-hydrogen) atoms. The number of H-pyrrole nitrogens is 1. The lowest BCUT2D eigenvalue weighted by atomic mass is 10.2. The summed E-state index contributed by atoms with van der Waals surface area (Å²) >= 11 is 7.50. The number of ketones is 1. The molecule has 0 radical (unpaired) electrons. The second kappa shape index (κ2) is 7.13. The number of hydrogen-bond acceptors (Lipinski definition) is 5. The minimum absolute atomic E-state index is 0.00542. The van der Waals surface area contributed by atoms with Gasteiger partial charge < -0.3 is 4.57 Å². The second-order valence-electron chi connectivity index (χ2n) is 5.93. The van der Waals surface area contributed by atoms with Gasteiger partial charge in [0.05, 0.1) is 11.8 Å². The molecule has 0 spiro atoms. The van der Waals surface area contributed by atoms with Crippen LogP contribution >= 0.6 is 23.4 Å². The molecule has 1 N–H and O–H groups in total. The molecule has 2 aromatic heterocycles. The maximum absolute atomic E-state index is 12.4. The van der Waals surface area contributed by atoms with Gasteiger partial charge in [-0.1, -0.05) is 41.6 Å². The zero-order valence-corrected chi connectivity index (χ0v) is 16.0. The average Bonchev–Trinajstić information content (AvgIpc) is 2.93. The van der Waals surface area contributed by atoms with Crippen LogP contribution in [0, 0.1) is 0 Å². The van der Waals surface area contributed by atoms with Crippen molar-refractivity contribution in [3.05, 3.63) is 55.7 Å². The average molecular weight is 393 g/mol. The fourth-order valence-electron chi connectivity index (χ4n) is 2.49. The predicted octanol–water partition coefficient (Wildman–Crippen LogP) is 2.19. The Morgan fingerprint density at radius 3 is 2.69 bits per heavy atom. The van der Waals surface area contributed by atoms with E-state index in [-0.39, 0.29) is 22.2 Å². The number of carbonyl (C=O) groups excluding carboxylic acids is 1. The van der Waals surface area contributed by atoms with E-state index in [0.717, 1.165) is 5.56 Å². The van der Waals surface area contributed by atoms with E-state index in [4.69, 9.17) is 11.6 Å². The summed E-state index contributed by atoms with van der Waals surface area (Å²) in [6, 6.07) is 7.29. The zero-order chi connectivity index (χ0) is 19.0. The maximum atomic E-state index is 12.4. The van der Waals surface area contributed by atoms with Crippen LogP contribution in [0.5, 0.6) is 0 Å². The van der Waals surface area contributed by atoms with Crippen molar-refractivity contribution in [3.8, 4) is 0 Å². The minimum atomic E-state index is -0.541. The van der Waals surface area contributed by atoms with Crippen molar-refractivity contribution in [2.24, 2.45) is 7.05 Å². The molecule has 0 aliphatic carbocycles. The molecule has 3 rings (SSSR count). The maximum Gasteiger partial charge on any atom is 0.329 e. The molecular weight excluding hydrogens is 376 g/mol. The number of Topliss-reactive ketones (excluding diaryl/α,β-unsaturated/α-hetero) is 1. The van der Waals surface area contributed by atoms with Crippen LogP contribution in [-0.4, -0.2) is 30.1 Å². The van der Waals surface area contributed by atoms with E-state index in [1.165, 1.54) is 30.3 Å². The van der Waals surface area contributed by atoms with E-state index < -0.39 is 11.2 Å². The van der Waals surface area contributed by atoms with Crippen molar-refractivity contribution < 1.29 is 4.79 Å². The Morgan fingerprint density at radius 2 is 2.04 bits per heavy atom. The molecular formula is C17H17ClN4O3S. The van der Waals surface area contributed by atoms with Crippen LogP contribution in [0.25, 0.3) is 11.2 Å². The number of imidazole rings is 1. The summed E-state index contributed by atoms with van der Waals surface area (Å²) in [6.07, 6.45) is 0. The van der Waals surface area contributed by atoms with Crippen LogP contribution in [0.1, 0.15) is 19.4 Å². The lowest BCUT2D eigenvalue weighted by molar-refractivity contribution is -0.116. The van der Waals surface area contributed by atoms with Gasteiger partial charge in [0.2, 0.25) is 0 Å². The standard InChI is InChI=1S/C17H17ClN4O3S/c1-9(23)10(2)26-17-19-14-13(15(24)20-16(25)21(14)3)22(17)8-11-6-4-5-7-12(11)18/h4-7,10H,8H2,1-3H3,(H,20,24,25)/t10-/m1/s1. The van der Waals surface area contributed by atoms with Gasteiger partial charge in [-0.15, -0.1) is 0 Å². The number of nitrogens with zero attached hydrogens (tertiary/aromatic N) is 3. The summed E-state index contributed by atoms with van der Waals surface area (Å²) in [6.45, 7) is 3.57. The highest BCUT2D eigenvalue weighted by molar-refractivity contribution is 8.00. The molecule has 0 aliphatic heterocycles. The summed E-state index contributed by atoms with van der Waals surface area (Å²) in [7, 11) is 1.54. The van der Waals surface area contributed by atoms with Crippen molar-refractivity contribution >= 4 is 40.3 Å². The van der Waals surface area contributed by atoms with Crippen LogP contribution in [0.2, 0.25) is 5.02 Å². The Balaban J connectivity index is 2.25. The van der Waals surface area contributed by atoms with Gasteiger partial charge >= 0.3 is 5.69 Å². The molecule has 9 heteroatoms. The molecule has 136 valence electrons. The first-order valence-electron chi connectivity index (χ1n) is 7.89. The van der Waals surface area contributed by atoms with Gasteiger partial charge in [-0.2, -0.15) is 0 Å². The molecule has 0 fully saturated rings. The van der Waals surface area contributed by atoms with Gasteiger partial charge in [0, 0.05) is 12.1 Å². The molecule has 0 unspecified atom stereocenters. The molecule has 1 atom stereocenters. The smallest absolute Gasteiger partial charge is 0.309 e. The number of aromatic nitrogens is 4. The van der Waals surface area contributed by atoms with Gasteiger partial charge in [-0.05, 0) is 25.5 Å². The number of aryl methyl sites for hydroxylation is 1. The third-order valence-electron chi connectivity index (χ3n) is 4.11. The lowest BCUT2D eigenvalue weighted by Gasteiger charge is -2.12. The monoisotopic (exact) mass is 392 g/mol. The van der Waals surface area contributed by atoms with Gasteiger partial charge in [-0.25, -0.2) is 9.78 Å². The molecule has 0 aliphatic rings. The molecule has 0 saturated heterocycles. The fraction of sp³-hybridized carbons (Fsp3) is 0.294. The Labute approximate surface area is 158 Å². The summed E-state index contributed by atoms with van der Waals surface area (Å²) in [5.74, 6) is -0.00542. The topological polar surface area (TPSA) is 89.8 Å². The Morgan fingerprint density at radius 1 is 1.35 bits per heavy atom. The number of carbonyl (C=O) groups is 1. The second-order valence-corrected chi connectivity index (χ2v) is 7.65. The Bertz CT molecular complexity index is 1120. The third kappa shape index (κ3) is 3.34. The molecule has 1 aromatic carbocycles. The minimum Gasteiger partial charge on any atom is -0.309 e. The molecule has 0 saturated carbocycles. The molecule has 0 amide bonds. The number of aromatic amines is 1. The van der Waals surface area contributed by atoms with Gasteiger partial charge in [0.25, 0.3) is 5.56 Å². The highest BCUT2D eigenvalue weighted by atomic mass is 35.5. The lowest BCUT2D eigenvalue weighted by Crippen LogP contribution is -2.29. The normalized spacial score (nSPS) is 12.5. The number of benzene rings is 1. The van der Waals surface area contributed by atoms with Gasteiger partial charge in [-0.3, -0.25) is 19.1 Å². The molecule has 3 aromatic rings. The highest BCUT2D eigenvalue weighted by Crippen LogP contribution is 2.28. The van der Waals surface area contributed by atoms with Gasteiger partial charge in [0.15, 0.2) is 16.3 Å². The number of thioether (sulfide) groups is 1. The fourth-order valence-corrected chi connectivity index (χ4v) is 3.59. The first-order valence-corrected chi connectivity index (χ1v) is 9.15. The van der Waals surface area contributed by atoms with Crippen molar-refractivity contribution in [1.82, 2.24) is 19.1 Å². The van der Waals surface area contributed by atoms with E-state index in [0.29, 0.717) is 16.7 Å². The highest BCUT2D eigenvalue weighted by Gasteiger charge is 2.21. The summed E-state index contributed by atoms with van der Waals surface area (Å²) in [5.41, 5.74) is 0.277. The zero-order valence-electron chi connectivity index (χ0n) is 14.4. The summed E-state index contributed by atoms with van der Waals surface area (Å²) in [4.78, 5) is 42.8. The number of hydrogen-bond donors (Lipinski definition) is 1. The van der Waals surface area contributed by atoms with E-state index in [1.807, 2.05) is 18.2 Å². The molecule has 0 bridgehead atoms. The van der Waals surface area contributed by atoms with Crippen LogP contribution in [-0.2, 0) is 18.4 Å². The number of halogens is 1. The van der Waals surface area contributed by atoms with E-state index in [1.54, 1.807) is 17.6 Å². The van der Waals surface area contributed by atoms with Crippen molar-refractivity contribution in [1.29, 1.82) is 0 Å². The Kier molecular flexibility index (Phi) is 5.06. The van der Waals surface area contributed by atoms with E-state index >= 15 is 0 Å². The predicted molar refractivity (Wildman–Crippen MR) is 102 cm³/mol. The first-order chi connectivity index (χ1) is 12.3. The third-order valence-corrected chi connectivity index (χ3v) is 5.69. The van der Waals surface area contributed by atoms with E-state index in [9.17, 15) is 14.4 Å². The van der Waals surface area contributed by atoms with Crippen molar-refractivity contribution in [2.75, 3.05) is 0 Å². The van der Waals surface area contributed by atoms with Crippen LogP contribution < -0.4 is 11.2 Å². The SMILES string of the molecule is CC(=O)[C@@H](C)Sc1nc2c(c(=O)[nH]c(=O)n2C)n1Cc1ccccc1Cl. The van der Waals surface area contributed by atoms with Crippen molar-refractivity contribution in [3.63, 3.8) is 0 Å². The quantitative estimate of drug-likeness (QED) is 0.672. The summed E-state index contributed by atoms with van der Waals surface area (Å²) in [5, 5.41) is 0.702. The number of nitrogens with one attached hydrogen (secondary N) is 1. The van der Waals surface area contributed by atoms with Crippen LogP contribution in [0.15, 0.2) is 39.0 Å². The Hall–Kier alpha value is -2.32. The van der Waals surface area contributed by atoms with Crippen molar-refractivity contribution in [2.45, 2.75) is 30.8 Å². The van der Waals surface area contributed by atoms with Gasteiger partial charge in [0.1, 0.15) is 5.78 Å².